The van der Waals surface area contributed by atoms with Crippen LogP contribution in [0, 0.1) is 0 Å². The molecule has 6 rings (SSSR count). The van der Waals surface area contributed by atoms with E-state index in [0.717, 1.165) is 11.1 Å². The standard InChI is InChI=1S/C40H42O13/c41-31-29(23-47-21-25-13-5-1-6-14-25)50-40(33(43)35(31)51-37(44)27-17-9-3-10-18-27)53-34-30(24-48-22-26-15-7-2-8-16-26)49-39(46)32(42)36(34)52-38(45)28-19-11-4-12-20-28/h1-20,29-36,39-43,46H,21-24H2/t29-,30-,31-,32+,33+,34-,35+,36-,39+,40-/m1/s1. The van der Waals surface area contributed by atoms with Crippen molar-refractivity contribution >= 4 is 11.9 Å². The molecule has 13 heteroatoms. The maximum atomic E-state index is 13.3. The Kier molecular flexibility index (Phi) is 13.3. The van der Waals surface area contributed by atoms with E-state index in [-0.39, 0.29) is 37.6 Å². The van der Waals surface area contributed by atoms with Gasteiger partial charge in [0.05, 0.1) is 37.6 Å². The first-order chi connectivity index (χ1) is 25.8. The smallest absolute Gasteiger partial charge is 0.338 e. The van der Waals surface area contributed by atoms with Gasteiger partial charge in [-0.1, -0.05) is 97.1 Å². The van der Waals surface area contributed by atoms with E-state index in [4.69, 9.17) is 33.2 Å². The molecule has 280 valence electrons. The molecule has 4 aromatic rings. The average Bonchev–Trinajstić information content (AvgIpc) is 3.19. The third-order valence-corrected chi connectivity index (χ3v) is 8.86. The molecule has 0 radical (unpaired) electrons. The van der Waals surface area contributed by atoms with Crippen LogP contribution in [-0.2, 0) is 46.4 Å². The highest BCUT2D eigenvalue weighted by Crippen LogP contribution is 2.32. The Morgan fingerprint density at radius 2 is 0.962 bits per heavy atom. The van der Waals surface area contributed by atoms with Crippen LogP contribution in [0.15, 0.2) is 121 Å². The highest BCUT2D eigenvalue weighted by Gasteiger charge is 2.53. The van der Waals surface area contributed by atoms with Crippen molar-refractivity contribution in [2.24, 2.45) is 0 Å². The van der Waals surface area contributed by atoms with E-state index in [0.29, 0.717) is 0 Å². The summed E-state index contributed by atoms with van der Waals surface area (Å²) < 4.78 is 41.3. The Hall–Kier alpha value is -4.54. The second-order valence-corrected chi connectivity index (χ2v) is 12.7. The van der Waals surface area contributed by atoms with E-state index in [1.165, 1.54) is 24.3 Å². The molecule has 2 saturated heterocycles. The normalized spacial score (nSPS) is 28.5. The lowest BCUT2D eigenvalue weighted by molar-refractivity contribution is -0.355. The molecule has 0 amide bonds. The number of hydrogen-bond donors (Lipinski definition) is 4. The van der Waals surface area contributed by atoms with Crippen LogP contribution in [0.1, 0.15) is 31.8 Å². The number of hydrogen-bond acceptors (Lipinski definition) is 13. The molecule has 0 saturated carbocycles. The number of carbonyl (C=O) groups excluding carboxylic acids is 2. The summed E-state index contributed by atoms with van der Waals surface area (Å²) in [5.41, 5.74) is 2.03. The third-order valence-electron chi connectivity index (χ3n) is 8.86. The van der Waals surface area contributed by atoms with Crippen molar-refractivity contribution in [3.63, 3.8) is 0 Å². The lowest BCUT2D eigenvalue weighted by Crippen LogP contribution is -2.65. The Morgan fingerprint density at radius 1 is 0.509 bits per heavy atom. The number of ether oxygens (including phenoxy) is 7. The van der Waals surface area contributed by atoms with Crippen LogP contribution < -0.4 is 0 Å². The van der Waals surface area contributed by atoms with Crippen molar-refractivity contribution in [2.75, 3.05) is 13.2 Å². The fraction of sp³-hybridized carbons (Fsp3) is 0.350. The highest BCUT2D eigenvalue weighted by molar-refractivity contribution is 5.90. The largest absolute Gasteiger partial charge is 0.453 e. The average molecular weight is 731 g/mol. The van der Waals surface area contributed by atoms with Crippen molar-refractivity contribution in [1.29, 1.82) is 0 Å². The Balaban J connectivity index is 1.26. The van der Waals surface area contributed by atoms with Gasteiger partial charge >= 0.3 is 11.9 Å². The molecule has 2 aliphatic heterocycles. The number of benzene rings is 4. The van der Waals surface area contributed by atoms with E-state index < -0.39 is 73.4 Å². The maximum absolute atomic E-state index is 13.3. The van der Waals surface area contributed by atoms with Crippen molar-refractivity contribution < 1.29 is 63.2 Å². The fourth-order valence-electron chi connectivity index (χ4n) is 6.05. The minimum atomic E-state index is -1.81. The molecule has 53 heavy (non-hydrogen) atoms. The van der Waals surface area contributed by atoms with Crippen molar-refractivity contribution in [3.8, 4) is 0 Å². The second kappa shape index (κ2) is 18.5. The van der Waals surface area contributed by atoms with Crippen molar-refractivity contribution in [3.05, 3.63) is 144 Å². The van der Waals surface area contributed by atoms with Crippen LogP contribution in [0.5, 0.6) is 0 Å². The summed E-state index contributed by atoms with van der Waals surface area (Å²) in [6, 6.07) is 34.6. The van der Waals surface area contributed by atoms with Gasteiger partial charge in [0.2, 0.25) is 0 Å². The predicted molar refractivity (Wildman–Crippen MR) is 186 cm³/mol. The molecule has 2 heterocycles. The van der Waals surface area contributed by atoms with Gasteiger partial charge in [-0.25, -0.2) is 9.59 Å². The summed E-state index contributed by atoms with van der Waals surface area (Å²) in [7, 11) is 0. The van der Waals surface area contributed by atoms with E-state index in [9.17, 15) is 30.0 Å². The summed E-state index contributed by atoms with van der Waals surface area (Å²) >= 11 is 0. The Bertz CT molecular complexity index is 1710. The molecule has 0 bridgehead atoms. The zero-order valence-corrected chi connectivity index (χ0v) is 28.6. The molecule has 0 unspecified atom stereocenters. The van der Waals surface area contributed by atoms with E-state index in [2.05, 4.69) is 0 Å². The first-order valence-corrected chi connectivity index (χ1v) is 17.2. The monoisotopic (exact) mass is 730 g/mol. The first-order valence-electron chi connectivity index (χ1n) is 17.2. The van der Waals surface area contributed by atoms with Gasteiger partial charge in [0.15, 0.2) is 24.8 Å². The fourth-order valence-corrected chi connectivity index (χ4v) is 6.05. The predicted octanol–water partition coefficient (Wildman–Crippen LogP) is 2.78. The first kappa shape index (κ1) is 38.2. The zero-order chi connectivity index (χ0) is 37.2. The van der Waals surface area contributed by atoms with Gasteiger partial charge in [-0.2, -0.15) is 0 Å². The molecule has 4 N–H and O–H groups in total. The van der Waals surface area contributed by atoms with Crippen LogP contribution in [0.2, 0.25) is 0 Å². The van der Waals surface area contributed by atoms with Crippen LogP contribution >= 0.6 is 0 Å². The van der Waals surface area contributed by atoms with E-state index in [1.807, 2.05) is 60.7 Å². The lowest BCUT2D eigenvalue weighted by atomic mass is 9.96. The van der Waals surface area contributed by atoms with Gasteiger partial charge in [-0.05, 0) is 35.4 Å². The number of aliphatic hydroxyl groups excluding tert-OH is 4. The van der Waals surface area contributed by atoms with Crippen LogP contribution in [0.3, 0.4) is 0 Å². The van der Waals surface area contributed by atoms with Gasteiger partial charge in [0.1, 0.15) is 36.6 Å². The second-order valence-electron chi connectivity index (χ2n) is 12.7. The van der Waals surface area contributed by atoms with Gasteiger partial charge in [-0.15, -0.1) is 0 Å². The SMILES string of the molecule is O=C(O[C@@H]1[C@H](O)[C@@H](O[C@H]2[C@H](OC(=O)c3ccccc3)[C@H](O)[C@@H](O)O[C@@H]2COCc2ccccc2)O[C@H](COCc2ccccc2)[C@H]1O)c1ccccc1. The number of esters is 2. The number of aliphatic hydroxyl groups is 4. The topological polar surface area (TPSA) is 180 Å². The van der Waals surface area contributed by atoms with E-state index in [1.54, 1.807) is 36.4 Å². The van der Waals surface area contributed by atoms with E-state index >= 15 is 0 Å². The highest BCUT2D eigenvalue weighted by atomic mass is 16.7. The molecule has 13 nitrogen and oxygen atoms in total. The Labute approximate surface area is 306 Å². The molecular formula is C40H42O13. The Morgan fingerprint density at radius 3 is 1.47 bits per heavy atom. The summed E-state index contributed by atoms with van der Waals surface area (Å²) in [4.78, 5) is 26.4. The molecule has 4 aromatic carbocycles. The lowest BCUT2D eigenvalue weighted by Gasteiger charge is -2.47. The van der Waals surface area contributed by atoms with Gasteiger partial charge in [0.25, 0.3) is 0 Å². The molecule has 2 fully saturated rings. The van der Waals surface area contributed by atoms with Gasteiger partial charge < -0.3 is 53.6 Å². The van der Waals surface area contributed by atoms with Crippen LogP contribution in [0.4, 0.5) is 0 Å². The molecular weight excluding hydrogens is 688 g/mol. The minimum Gasteiger partial charge on any atom is -0.453 e. The molecule has 0 aromatic heterocycles. The molecule has 0 spiro atoms. The van der Waals surface area contributed by atoms with Crippen LogP contribution in [-0.4, -0.2) is 107 Å². The molecule has 0 aliphatic carbocycles. The molecule has 10 atom stereocenters. The third kappa shape index (κ3) is 9.91. The van der Waals surface area contributed by atoms with Crippen molar-refractivity contribution in [1.82, 2.24) is 0 Å². The maximum Gasteiger partial charge on any atom is 0.338 e. The minimum absolute atomic E-state index is 0.146. The summed E-state index contributed by atoms with van der Waals surface area (Å²) in [6.07, 6.45) is -15.6. The summed E-state index contributed by atoms with van der Waals surface area (Å²) in [6.45, 7) is -0.118. The zero-order valence-electron chi connectivity index (χ0n) is 28.6. The van der Waals surface area contributed by atoms with Gasteiger partial charge in [0, 0.05) is 0 Å². The summed E-state index contributed by atoms with van der Waals surface area (Å²) in [5, 5.41) is 44.9. The van der Waals surface area contributed by atoms with Crippen LogP contribution in [0.25, 0.3) is 0 Å². The number of carbonyl (C=O) groups is 2. The number of rotatable bonds is 14. The molecule has 2 aliphatic rings. The quantitative estimate of drug-likeness (QED) is 0.139. The van der Waals surface area contributed by atoms with Gasteiger partial charge in [-0.3, -0.25) is 0 Å². The van der Waals surface area contributed by atoms with Crippen molar-refractivity contribution in [2.45, 2.75) is 74.6 Å². The summed E-state index contributed by atoms with van der Waals surface area (Å²) in [5.74, 6) is -1.65.